The molecule has 4 heteroatoms. The van der Waals surface area contributed by atoms with Crippen LogP contribution in [0, 0.1) is 0 Å². The number of likely N-dealkylation sites (N-methyl/N-ethyl adjacent to an activating group) is 1. The van der Waals surface area contributed by atoms with E-state index in [2.05, 4.69) is 36.8 Å². The van der Waals surface area contributed by atoms with Crippen molar-refractivity contribution in [2.75, 3.05) is 33.0 Å². The summed E-state index contributed by atoms with van der Waals surface area (Å²) in [6.45, 7) is 7.65. The van der Waals surface area contributed by atoms with Gasteiger partial charge in [0.05, 0.1) is 7.11 Å². The molecule has 2 unspecified atom stereocenters. The van der Waals surface area contributed by atoms with Crippen LogP contribution in [0.3, 0.4) is 0 Å². The Morgan fingerprint density at radius 1 is 1.26 bits per heavy atom. The third kappa shape index (κ3) is 3.19. The first-order chi connectivity index (χ1) is 9.01. The molecule has 0 radical (unpaired) electrons. The number of methoxy groups -OCH3 is 1. The zero-order valence-corrected chi connectivity index (χ0v) is 12.4. The van der Waals surface area contributed by atoms with E-state index in [1.807, 2.05) is 12.1 Å². The standard InChI is InChI=1S/C15H25N3O/c1-11-8-18(9-12(2)17(11)3)10-13-5-6-14(19-4)7-15(13)16/h5-7,11-12H,8-10,16H2,1-4H3. The molecule has 106 valence electrons. The Hall–Kier alpha value is -1.26. The summed E-state index contributed by atoms with van der Waals surface area (Å²) < 4.78 is 5.19. The number of hydrogen-bond donors (Lipinski definition) is 1. The smallest absolute Gasteiger partial charge is 0.120 e. The molecule has 1 aliphatic heterocycles. The third-order valence-electron chi connectivity index (χ3n) is 4.18. The fourth-order valence-electron chi connectivity index (χ4n) is 2.73. The quantitative estimate of drug-likeness (QED) is 0.844. The van der Waals surface area contributed by atoms with Crippen LogP contribution in [0.25, 0.3) is 0 Å². The number of nitrogens with zero attached hydrogens (tertiary/aromatic N) is 2. The minimum atomic E-state index is 0.586. The lowest BCUT2D eigenvalue weighted by Gasteiger charge is -2.42. The van der Waals surface area contributed by atoms with Crippen LogP contribution in [0.15, 0.2) is 18.2 Å². The average molecular weight is 263 g/mol. The van der Waals surface area contributed by atoms with Crippen molar-refractivity contribution >= 4 is 5.69 Å². The van der Waals surface area contributed by atoms with Crippen molar-refractivity contribution in [2.45, 2.75) is 32.5 Å². The van der Waals surface area contributed by atoms with Gasteiger partial charge in [-0.15, -0.1) is 0 Å². The molecule has 1 aromatic carbocycles. The monoisotopic (exact) mass is 263 g/mol. The van der Waals surface area contributed by atoms with Crippen LogP contribution in [-0.2, 0) is 6.54 Å². The molecular weight excluding hydrogens is 238 g/mol. The summed E-state index contributed by atoms with van der Waals surface area (Å²) in [6.07, 6.45) is 0. The van der Waals surface area contributed by atoms with Gasteiger partial charge in [0.15, 0.2) is 0 Å². The molecule has 1 saturated heterocycles. The zero-order chi connectivity index (χ0) is 14.0. The van der Waals surface area contributed by atoms with Crippen molar-refractivity contribution in [3.05, 3.63) is 23.8 Å². The molecule has 2 atom stereocenters. The van der Waals surface area contributed by atoms with E-state index in [4.69, 9.17) is 10.5 Å². The van der Waals surface area contributed by atoms with Crippen LogP contribution in [0.1, 0.15) is 19.4 Å². The number of ether oxygens (including phenoxy) is 1. The summed E-state index contributed by atoms with van der Waals surface area (Å²) >= 11 is 0. The summed E-state index contributed by atoms with van der Waals surface area (Å²) in [4.78, 5) is 4.92. The van der Waals surface area contributed by atoms with Crippen molar-refractivity contribution in [1.29, 1.82) is 0 Å². The fourth-order valence-corrected chi connectivity index (χ4v) is 2.73. The Bertz CT molecular complexity index is 423. The fraction of sp³-hybridized carbons (Fsp3) is 0.600. The normalized spacial score (nSPS) is 25.5. The van der Waals surface area contributed by atoms with Crippen molar-refractivity contribution in [1.82, 2.24) is 9.80 Å². The number of rotatable bonds is 3. The third-order valence-corrected chi connectivity index (χ3v) is 4.18. The maximum atomic E-state index is 6.09. The van der Waals surface area contributed by atoms with Crippen molar-refractivity contribution in [3.8, 4) is 5.75 Å². The van der Waals surface area contributed by atoms with Crippen LogP contribution in [-0.4, -0.2) is 49.1 Å². The molecule has 0 aliphatic carbocycles. The lowest BCUT2D eigenvalue weighted by atomic mass is 10.1. The molecule has 0 aromatic heterocycles. The van der Waals surface area contributed by atoms with E-state index < -0.39 is 0 Å². The lowest BCUT2D eigenvalue weighted by Crippen LogP contribution is -2.54. The van der Waals surface area contributed by atoms with E-state index in [-0.39, 0.29) is 0 Å². The topological polar surface area (TPSA) is 41.7 Å². The van der Waals surface area contributed by atoms with Crippen molar-refractivity contribution in [2.24, 2.45) is 0 Å². The number of hydrogen-bond acceptors (Lipinski definition) is 4. The Balaban J connectivity index is 2.05. The van der Waals surface area contributed by atoms with Crippen LogP contribution >= 0.6 is 0 Å². The van der Waals surface area contributed by atoms with Crippen molar-refractivity contribution < 1.29 is 4.74 Å². The molecule has 0 spiro atoms. The second-order valence-corrected chi connectivity index (χ2v) is 5.62. The molecule has 1 fully saturated rings. The van der Waals surface area contributed by atoms with Gasteiger partial charge in [-0.3, -0.25) is 9.80 Å². The second-order valence-electron chi connectivity index (χ2n) is 5.62. The molecule has 0 bridgehead atoms. The van der Waals surface area contributed by atoms with E-state index >= 15 is 0 Å². The highest BCUT2D eigenvalue weighted by atomic mass is 16.5. The van der Waals surface area contributed by atoms with Gasteiger partial charge in [-0.2, -0.15) is 0 Å². The zero-order valence-electron chi connectivity index (χ0n) is 12.4. The summed E-state index contributed by atoms with van der Waals surface area (Å²) in [5, 5.41) is 0. The molecule has 19 heavy (non-hydrogen) atoms. The van der Waals surface area contributed by atoms with Crippen LogP contribution < -0.4 is 10.5 Å². The van der Waals surface area contributed by atoms with E-state index in [1.54, 1.807) is 7.11 Å². The first-order valence-corrected chi connectivity index (χ1v) is 6.88. The largest absolute Gasteiger partial charge is 0.497 e. The molecular formula is C15H25N3O. The number of anilines is 1. The second kappa shape index (κ2) is 5.80. The van der Waals surface area contributed by atoms with E-state index in [1.165, 1.54) is 5.56 Å². The Morgan fingerprint density at radius 2 is 1.89 bits per heavy atom. The summed E-state index contributed by atoms with van der Waals surface area (Å²) in [5.41, 5.74) is 8.10. The maximum absolute atomic E-state index is 6.09. The molecule has 0 saturated carbocycles. The first kappa shape index (κ1) is 14.2. The first-order valence-electron chi connectivity index (χ1n) is 6.88. The Kier molecular flexibility index (Phi) is 4.32. The average Bonchev–Trinajstić information content (AvgIpc) is 2.38. The summed E-state index contributed by atoms with van der Waals surface area (Å²) in [6, 6.07) is 7.13. The van der Waals surface area contributed by atoms with Gasteiger partial charge in [-0.05, 0) is 32.5 Å². The molecule has 1 heterocycles. The van der Waals surface area contributed by atoms with Crippen LogP contribution in [0.2, 0.25) is 0 Å². The molecule has 1 aromatic rings. The molecule has 4 nitrogen and oxygen atoms in total. The Labute approximate surface area is 116 Å². The van der Waals surface area contributed by atoms with Gasteiger partial charge in [0.2, 0.25) is 0 Å². The van der Waals surface area contributed by atoms with Gasteiger partial charge >= 0.3 is 0 Å². The van der Waals surface area contributed by atoms with E-state index in [0.717, 1.165) is 31.1 Å². The number of nitrogen functional groups attached to an aromatic ring is 1. The highest BCUT2D eigenvalue weighted by Gasteiger charge is 2.26. The summed E-state index contributed by atoms with van der Waals surface area (Å²) in [5.74, 6) is 0.821. The molecule has 0 amide bonds. The molecule has 2 rings (SSSR count). The van der Waals surface area contributed by atoms with Gasteiger partial charge in [-0.1, -0.05) is 6.07 Å². The van der Waals surface area contributed by atoms with Crippen LogP contribution in [0.5, 0.6) is 5.75 Å². The van der Waals surface area contributed by atoms with Crippen LogP contribution in [0.4, 0.5) is 5.69 Å². The lowest BCUT2D eigenvalue weighted by molar-refractivity contribution is 0.0557. The van der Waals surface area contributed by atoms with E-state index in [0.29, 0.717) is 12.1 Å². The van der Waals surface area contributed by atoms with Gasteiger partial charge in [0.25, 0.3) is 0 Å². The van der Waals surface area contributed by atoms with Gasteiger partial charge in [-0.25, -0.2) is 0 Å². The van der Waals surface area contributed by atoms with Gasteiger partial charge in [0, 0.05) is 43.5 Å². The predicted molar refractivity (Wildman–Crippen MR) is 79.4 cm³/mol. The minimum absolute atomic E-state index is 0.586. The number of nitrogens with two attached hydrogens (primary N) is 1. The predicted octanol–water partition coefficient (Wildman–Crippen LogP) is 1.80. The molecule has 2 N–H and O–H groups in total. The van der Waals surface area contributed by atoms with E-state index in [9.17, 15) is 0 Å². The number of piperazine rings is 1. The van der Waals surface area contributed by atoms with Gasteiger partial charge < -0.3 is 10.5 Å². The van der Waals surface area contributed by atoms with Gasteiger partial charge in [0.1, 0.15) is 5.75 Å². The van der Waals surface area contributed by atoms with Crippen molar-refractivity contribution in [3.63, 3.8) is 0 Å². The molecule has 1 aliphatic rings. The number of benzene rings is 1. The SMILES string of the molecule is COc1ccc(CN2CC(C)N(C)C(C)C2)c(N)c1. The highest BCUT2D eigenvalue weighted by molar-refractivity contribution is 5.51. The maximum Gasteiger partial charge on any atom is 0.120 e. The summed E-state index contributed by atoms with van der Waals surface area (Å²) in [7, 11) is 3.87. The highest BCUT2D eigenvalue weighted by Crippen LogP contribution is 2.23. The Morgan fingerprint density at radius 3 is 2.42 bits per heavy atom. The minimum Gasteiger partial charge on any atom is -0.497 e.